The van der Waals surface area contributed by atoms with Gasteiger partial charge in [-0.05, 0) is 47.4 Å². The number of furan rings is 1. The molecule has 150 valence electrons. The van der Waals surface area contributed by atoms with E-state index in [1.165, 1.54) is 17.4 Å². The highest BCUT2D eigenvalue weighted by Crippen LogP contribution is 2.13. The second-order valence-corrected chi connectivity index (χ2v) is 6.53. The smallest absolute Gasteiger partial charge is 0.291 e. The maximum Gasteiger partial charge on any atom is 0.291 e. The molecule has 0 atom stereocenters. The molecule has 6 heteroatoms. The van der Waals surface area contributed by atoms with Gasteiger partial charge in [-0.2, -0.15) is 0 Å². The van der Waals surface area contributed by atoms with Crippen molar-refractivity contribution < 1.29 is 9.21 Å². The zero-order chi connectivity index (χ0) is 20.5. The summed E-state index contributed by atoms with van der Waals surface area (Å²) in [5.41, 5.74) is 4.33. The highest BCUT2D eigenvalue weighted by molar-refractivity contribution is 6.02. The molecule has 0 radical (unpaired) electrons. The normalized spacial score (nSPS) is 11.2. The predicted molar refractivity (Wildman–Crippen MR) is 116 cm³/mol. The molecular formula is C23H26N4O2. The molecular weight excluding hydrogens is 364 g/mol. The summed E-state index contributed by atoms with van der Waals surface area (Å²) in [7, 11) is 1.75. The molecule has 1 aromatic heterocycles. The van der Waals surface area contributed by atoms with Gasteiger partial charge in [0.2, 0.25) is 0 Å². The minimum absolute atomic E-state index is 0.271. The lowest BCUT2D eigenvalue weighted by Crippen LogP contribution is -2.36. The minimum atomic E-state index is -0.271. The zero-order valence-corrected chi connectivity index (χ0v) is 16.7. The van der Waals surface area contributed by atoms with Crippen LogP contribution in [0.4, 0.5) is 5.69 Å². The average molecular weight is 390 g/mol. The molecule has 6 nitrogen and oxygen atoms in total. The number of rotatable bonds is 7. The number of carbonyl (C=O) groups excluding carboxylic acids is 1. The first-order valence-electron chi connectivity index (χ1n) is 9.64. The number of hydrogen-bond acceptors (Lipinski definition) is 3. The van der Waals surface area contributed by atoms with E-state index in [1.807, 2.05) is 24.3 Å². The van der Waals surface area contributed by atoms with Crippen molar-refractivity contribution >= 4 is 17.6 Å². The quantitative estimate of drug-likeness (QED) is 0.421. The predicted octanol–water partition coefficient (Wildman–Crippen LogP) is 3.96. The molecule has 0 unspecified atom stereocenters. The summed E-state index contributed by atoms with van der Waals surface area (Å²) in [5, 5.41) is 9.50. The van der Waals surface area contributed by atoms with E-state index in [4.69, 9.17) is 4.42 Å². The molecule has 0 aliphatic carbocycles. The van der Waals surface area contributed by atoms with Crippen LogP contribution in [-0.4, -0.2) is 18.9 Å². The van der Waals surface area contributed by atoms with Crippen LogP contribution in [0.3, 0.4) is 0 Å². The van der Waals surface area contributed by atoms with Gasteiger partial charge in [-0.3, -0.25) is 9.79 Å². The van der Waals surface area contributed by atoms with E-state index in [1.54, 1.807) is 19.2 Å². The summed E-state index contributed by atoms with van der Waals surface area (Å²) in [5.74, 6) is 0.735. The number of nitrogens with zero attached hydrogens (tertiary/aromatic N) is 1. The number of hydrogen-bond donors (Lipinski definition) is 3. The fourth-order valence-corrected chi connectivity index (χ4v) is 3.02. The third kappa shape index (κ3) is 5.72. The maximum absolute atomic E-state index is 12.1. The number of guanidine groups is 1. The van der Waals surface area contributed by atoms with Crippen molar-refractivity contribution in [3.05, 3.63) is 89.4 Å². The Labute approximate surface area is 171 Å². The lowest BCUT2D eigenvalue weighted by Gasteiger charge is -2.14. The Kier molecular flexibility index (Phi) is 7.05. The van der Waals surface area contributed by atoms with Gasteiger partial charge >= 0.3 is 0 Å². The molecule has 0 saturated heterocycles. The molecule has 2 aromatic carbocycles. The molecule has 0 aliphatic heterocycles. The van der Waals surface area contributed by atoms with Crippen LogP contribution in [-0.2, 0) is 19.5 Å². The molecule has 0 spiro atoms. The molecule has 1 amide bonds. The lowest BCUT2D eigenvalue weighted by molar-refractivity contribution is 0.0996. The number of amides is 1. The molecule has 1 heterocycles. The van der Waals surface area contributed by atoms with E-state index < -0.39 is 0 Å². The summed E-state index contributed by atoms with van der Waals surface area (Å²) >= 11 is 0. The molecule has 29 heavy (non-hydrogen) atoms. The summed E-state index contributed by atoms with van der Waals surface area (Å²) in [6.45, 7) is 3.45. The lowest BCUT2D eigenvalue weighted by atomic mass is 10.1. The molecule has 0 fully saturated rings. The van der Waals surface area contributed by atoms with Gasteiger partial charge in [0.15, 0.2) is 11.7 Å². The molecule has 0 bridgehead atoms. The fourth-order valence-electron chi connectivity index (χ4n) is 3.02. The monoisotopic (exact) mass is 390 g/mol. The minimum Gasteiger partial charge on any atom is -0.459 e. The standard InChI is InChI=1S/C23H26N4O2/c1-3-18-9-4-5-10-19(18)16-26-23(24-2)25-15-17-8-6-11-20(14-17)27-22(28)21-12-7-13-29-21/h4-14H,3,15-16H2,1-2H3,(H,27,28)(H2,24,25,26). The summed E-state index contributed by atoms with van der Waals surface area (Å²) in [6, 6.07) is 19.4. The van der Waals surface area contributed by atoms with E-state index in [2.05, 4.69) is 52.1 Å². The highest BCUT2D eigenvalue weighted by Gasteiger charge is 2.09. The van der Waals surface area contributed by atoms with Crippen molar-refractivity contribution in [3.8, 4) is 0 Å². The van der Waals surface area contributed by atoms with Crippen LogP contribution in [0.15, 0.2) is 76.3 Å². The van der Waals surface area contributed by atoms with Gasteiger partial charge in [-0.15, -0.1) is 0 Å². The highest BCUT2D eigenvalue weighted by atomic mass is 16.3. The maximum atomic E-state index is 12.1. The molecule has 0 saturated carbocycles. The van der Waals surface area contributed by atoms with Gasteiger partial charge < -0.3 is 20.4 Å². The van der Waals surface area contributed by atoms with Gasteiger partial charge in [0.25, 0.3) is 5.91 Å². The number of carbonyl (C=O) groups is 1. The van der Waals surface area contributed by atoms with Crippen LogP contribution >= 0.6 is 0 Å². The third-order valence-electron chi connectivity index (χ3n) is 4.56. The first-order chi connectivity index (χ1) is 14.2. The second-order valence-electron chi connectivity index (χ2n) is 6.53. The average Bonchev–Trinajstić information content (AvgIpc) is 3.29. The van der Waals surface area contributed by atoms with E-state index in [0.29, 0.717) is 18.8 Å². The van der Waals surface area contributed by atoms with E-state index in [-0.39, 0.29) is 11.7 Å². The number of nitrogens with one attached hydrogen (secondary N) is 3. The molecule has 0 aliphatic rings. The van der Waals surface area contributed by atoms with Crippen molar-refractivity contribution in [2.75, 3.05) is 12.4 Å². The molecule has 3 rings (SSSR count). The number of aryl methyl sites for hydroxylation is 1. The number of benzene rings is 2. The van der Waals surface area contributed by atoms with Crippen LogP contribution in [0.2, 0.25) is 0 Å². The van der Waals surface area contributed by atoms with Crippen molar-refractivity contribution in [2.24, 2.45) is 4.99 Å². The van der Waals surface area contributed by atoms with Gasteiger partial charge in [0.05, 0.1) is 6.26 Å². The SMILES string of the molecule is CCc1ccccc1CNC(=NC)NCc1cccc(NC(=O)c2ccco2)c1. The van der Waals surface area contributed by atoms with Crippen molar-refractivity contribution in [1.82, 2.24) is 10.6 Å². The first-order valence-corrected chi connectivity index (χ1v) is 9.64. The van der Waals surface area contributed by atoms with Crippen LogP contribution in [0, 0.1) is 0 Å². The summed E-state index contributed by atoms with van der Waals surface area (Å²) in [6.07, 6.45) is 2.48. The zero-order valence-electron chi connectivity index (χ0n) is 16.7. The number of aliphatic imine (C=N–C) groups is 1. The van der Waals surface area contributed by atoms with Gasteiger partial charge in [-0.1, -0.05) is 43.3 Å². The van der Waals surface area contributed by atoms with Crippen molar-refractivity contribution in [2.45, 2.75) is 26.4 Å². The Morgan fingerprint density at radius 1 is 0.966 bits per heavy atom. The first kappa shape index (κ1) is 20.2. The van der Waals surface area contributed by atoms with Gasteiger partial charge in [0, 0.05) is 25.8 Å². The molecule has 3 aromatic rings. The largest absolute Gasteiger partial charge is 0.459 e. The summed E-state index contributed by atoms with van der Waals surface area (Å²) < 4.78 is 5.12. The van der Waals surface area contributed by atoms with Crippen LogP contribution in [0.5, 0.6) is 0 Å². The van der Waals surface area contributed by atoms with E-state index >= 15 is 0 Å². The topological polar surface area (TPSA) is 78.7 Å². The van der Waals surface area contributed by atoms with Crippen molar-refractivity contribution in [3.63, 3.8) is 0 Å². The van der Waals surface area contributed by atoms with Gasteiger partial charge in [-0.25, -0.2) is 0 Å². The Morgan fingerprint density at radius 3 is 2.48 bits per heavy atom. The fraction of sp³-hybridized carbons (Fsp3) is 0.217. The third-order valence-corrected chi connectivity index (χ3v) is 4.56. The Morgan fingerprint density at radius 2 is 1.76 bits per heavy atom. The number of anilines is 1. The van der Waals surface area contributed by atoms with E-state index in [9.17, 15) is 4.79 Å². The Balaban J connectivity index is 1.55. The summed E-state index contributed by atoms with van der Waals surface area (Å²) in [4.78, 5) is 16.4. The van der Waals surface area contributed by atoms with Gasteiger partial charge in [0.1, 0.15) is 0 Å². The van der Waals surface area contributed by atoms with Crippen LogP contribution < -0.4 is 16.0 Å². The Bertz CT molecular complexity index is 965. The van der Waals surface area contributed by atoms with Crippen molar-refractivity contribution in [1.29, 1.82) is 0 Å². The Hall–Kier alpha value is -3.54. The van der Waals surface area contributed by atoms with E-state index in [0.717, 1.165) is 17.9 Å². The van der Waals surface area contributed by atoms with Crippen LogP contribution in [0.25, 0.3) is 0 Å². The molecule has 3 N–H and O–H groups in total. The second kappa shape index (κ2) is 10.1. The van der Waals surface area contributed by atoms with Crippen LogP contribution in [0.1, 0.15) is 34.2 Å².